The molecule has 5 atom stereocenters. The molecule has 11 heteroatoms. The third-order valence-electron chi connectivity index (χ3n) is 4.62. The molecule has 6 N–H and O–H groups in total. The van der Waals surface area contributed by atoms with Gasteiger partial charge in [-0.2, -0.15) is 0 Å². The zero-order valence-electron chi connectivity index (χ0n) is 16.0. The van der Waals surface area contributed by atoms with E-state index in [0.717, 1.165) is 23.6 Å². The lowest BCUT2D eigenvalue weighted by Gasteiger charge is -2.20. The van der Waals surface area contributed by atoms with Crippen LogP contribution >= 0.6 is 0 Å². The number of methoxy groups -OCH3 is 1. The lowest BCUT2D eigenvalue weighted by atomic mass is 10.1. The number of nitrogens with one attached hydrogen (secondary N) is 2. The van der Waals surface area contributed by atoms with E-state index in [4.69, 9.17) is 15.2 Å². The van der Waals surface area contributed by atoms with E-state index in [9.17, 15) is 24.6 Å². The maximum atomic E-state index is 12.3. The summed E-state index contributed by atoms with van der Waals surface area (Å²) >= 11 is 0. The van der Waals surface area contributed by atoms with Crippen molar-refractivity contribution < 1.29 is 24.5 Å². The maximum Gasteiger partial charge on any atom is 0.330 e. The largest absolute Gasteiger partial charge is 0.394 e. The fraction of sp³-hybridized carbons (Fsp3) is 0.706. The van der Waals surface area contributed by atoms with Gasteiger partial charge >= 0.3 is 5.69 Å². The molecule has 0 aliphatic carbocycles. The molecule has 11 nitrogen and oxygen atoms in total. The van der Waals surface area contributed by atoms with Crippen LogP contribution in [0.4, 0.5) is 0 Å². The van der Waals surface area contributed by atoms with Crippen molar-refractivity contribution in [1.82, 2.24) is 14.9 Å². The van der Waals surface area contributed by atoms with E-state index in [-0.39, 0.29) is 11.6 Å². The Morgan fingerprint density at radius 1 is 1.46 bits per heavy atom. The van der Waals surface area contributed by atoms with Crippen molar-refractivity contribution >= 4 is 5.91 Å². The zero-order valence-corrected chi connectivity index (χ0v) is 16.0. The van der Waals surface area contributed by atoms with Crippen molar-refractivity contribution in [3.05, 3.63) is 32.6 Å². The Hall–Kier alpha value is -2.05. The summed E-state index contributed by atoms with van der Waals surface area (Å²) in [4.78, 5) is 38.7. The second-order valence-corrected chi connectivity index (χ2v) is 6.88. The lowest BCUT2D eigenvalue weighted by molar-refractivity contribution is -0.0626. The predicted octanol–water partition coefficient (Wildman–Crippen LogP) is -1.95. The highest BCUT2D eigenvalue weighted by atomic mass is 16.6. The first-order chi connectivity index (χ1) is 13.3. The van der Waals surface area contributed by atoms with Gasteiger partial charge in [-0.25, -0.2) is 4.79 Å². The number of aliphatic hydroxyl groups excluding tert-OH is 2. The first-order valence-corrected chi connectivity index (χ1v) is 9.16. The van der Waals surface area contributed by atoms with Crippen LogP contribution in [0, 0.1) is 0 Å². The normalized spacial score (nSPS) is 25.6. The van der Waals surface area contributed by atoms with E-state index in [2.05, 4.69) is 10.3 Å². The maximum absolute atomic E-state index is 12.3. The standard InChI is InChI=1S/C17H28N4O7/c1-9(18)5-3-4-6-19-14(24)10-7-21(17(26)20-15(10)25)16-13(27-2)12(23)11(8-22)28-16/h7,9,11-13,16,22-23H,3-6,8,18H2,1-2H3,(H,19,24)(H,20,25,26)/t9?,11-,12-,13-,16-/m1/s1. The van der Waals surface area contributed by atoms with E-state index in [1.807, 2.05) is 6.92 Å². The SMILES string of the molecule is CO[C@@H]1[C@H](O)[C@@H](CO)O[C@H]1n1cc(C(=O)NCCCCC(C)N)c(=O)[nH]c1=O. The Morgan fingerprint density at radius 2 is 2.18 bits per heavy atom. The third kappa shape index (κ3) is 5.06. The van der Waals surface area contributed by atoms with Gasteiger partial charge in [0, 0.05) is 25.9 Å². The first-order valence-electron chi connectivity index (χ1n) is 9.16. The monoisotopic (exact) mass is 400 g/mol. The van der Waals surface area contributed by atoms with Gasteiger partial charge in [0.05, 0.1) is 6.61 Å². The van der Waals surface area contributed by atoms with Crippen molar-refractivity contribution in [2.24, 2.45) is 5.73 Å². The number of aliphatic hydroxyl groups is 2. The van der Waals surface area contributed by atoms with Crippen molar-refractivity contribution in [3.63, 3.8) is 0 Å². The van der Waals surface area contributed by atoms with Gasteiger partial charge in [0.1, 0.15) is 23.9 Å². The molecular weight excluding hydrogens is 372 g/mol. The number of aromatic nitrogens is 2. The summed E-state index contributed by atoms with van der Waals surface area (Å²) in [5.41, 5.74) is 3.74. The molecule has 0 radical (unpaired) electrons. The minimum atomic E-state index is -1.18. The van der Waals surface area contributed by atoms with Gasteiger partial charge in [-0.15, -0.1) is 0 Å². The van der Waals surface area contributed by atoms with E-state index in [1.165, 1.54) is 7.11 Å². The van der Waals surface area contributed by atoms with Crippen LogP contribution in [-0.4, -0.2) is 70.3 Å². The van der Waals surface area contributed by atoms with Crippen LogP contribution in [0.3, 0.4) is 0 Å². The van der Waals surface area contributed by atoms with Crippen LogP contribution in [0.2, 0.25) is 0 Å². The number of nitrogens with two attached hydrogens (primary N) is 1. The number of rotatable bonds is 9. The van der Waals surface area contributed by atoms with Gasteiger partial charge in [-0.3, -0.25) is 19.1 Å². The van der Waals surface area contributed by atoms with Gasteiger partial charge in [-0.1, -0.05) is 6.42 Å². The molecule has 2 rings (SSSR count). The second kappa shape index (κ2) is 9.94. The topological polar surface area (TPSA) is 169 Å². The van der Waals surface area contributed by atoms with Crippen molar-refractivity contribution in [1.29, 1.82) is 0 Å². The molecule has 0 bridgehead atoms. The summed E-state index contributed by atoms with van der Waals surface area (Å²) in [7, 11) is 1.32. The molecule has 1 amide bonds. The fourth-order valence-electron chi connectivity index (χ4n) is 3.07. The van der Waals surface area contributed by atoms with Crippen LogP contribution in [-0.2, 0) is 9.47 Å². The number of carbonyl (C=O) groups excluding carboxylic acids is 1. The molecular formula is C17H28N4O7. The minimum Gasteiger partial charge on any atom is -0.394 e. The molecule has 1 aromatic heterocycles. The predicted molar refractivity (Wildman–Crippen MR) is 99.0 cm³/mol. The summed E-state index contributed by atoms with van der Waals surface area (Å²) in [5, 5.41) is 22.0. The number of H-pyrrole nitrogens is 1. The van der Waals surface area contributed by atoms with E-state index in [0.29, 0.717) is 13.0 Å². The Kier molecular flexibility index (Phi) is 7.89. The second-order valence-electron chi connectivity index (χ2n) is 6.88. The highest BCUT2D eigenvalue weighted by Crippen LogP contribution is 2.30. The van der Waals surface area contributed by atoms with Crippen LogP contribution in [0.25, 0.3) is 0 Å². The van der Waals surface area contributed by atoms with Crippen LogP contribution in [0.15, 0.2) is 15.8 Å². The zero-order chi connectivity index (χ0) is 20.8. The van der Waals surface area contributed by atoms with E-state index >= 15 is 0 Å². The summed E-state index contributed by atoms with van der Waals surface area (Å²) in [6.07, 6.45) is -0.785. The molecule has 1 saturated heterocycles. The first kappa shape index (κ1) is 22.2. The molecule has 0 saturated carbocycles. The molecule has 1 aliphatic heterocycles. The third-order valence-corrected chi connectivity index (χ3v) is 4.62. The number of hydrogen-bond donors (Lipinski definition) is 5. The van der Waals surface area contributed by atoms with Gasteiger partial charge < -0.3 is 30.7 Å². The van der Waals surface area contributed by atoms with Gasteiger partial charge in [-0.05, 0) is 19.8 Å². The van der Waals surface area contributed by atoms with E-state index < -0.39 is 48.3 Å². The van der Waals surface area contributed by atoms with Gasteiger partial charge in [0.25, 0.3) is 11.5 Å². The molecule has 2 heterocycles. The van der Waals surface area contributed by atoms with Crippen LogP contribution in [0.1, 0.15) is 42.8 Å². The van der Waals surface area contributed by atoms with E-state index in [1.54, 1.807) is 0 Å². The summed E-state index contributed by atoms with van der Waals surface area (Å²) in [5.74, 6) is -0.637. The number of hydrogen-bond acceptors (Lipinski definition) is 8. The average molecular weight is 400 g/mol. The Morgan fingerprint density at radius 3 is 2.79 bits per heavy atom. The number of carbonyl (C=O) groups is 1. The minimum absolute atomic E-state index is 0.0837. The highest BCUT2D eigenvalue weighted by molar-refractivity contribution is 5.93. The van der Waals surface area contributed by atoms with Crippen LogP contribution in [0.5, 0.6) is 0 Å². The number of amides is 1. The highest BCUT2D eigenvalue weighted by Gasteiger charge is 2.45. The average Bonchev–Trinajstić information content (AvgIpc) is 2.96. The fourth-order valence-corrected chi connectivity index (χ4v) is 3.07. The molecule has 0 spiro atoms. The van der Waals surface area contributed by atoms with Crippen molar-refractivity contribution in [3.8, 4) is 0 Å². The Bertz CT molecular complexity index is 776. The van der Waals surface area contributed by atoms with Gasteiger partial charge in [0.2, 0.25) is 0 Å². The Labute approximate surface area is 161 Å². The molecule has 1 fully saturated rings. The number of aromatic amines is 1. The van der Waals surface area contributed by atoms with Crippen molar-refractivity contribution in [2.75, 3.05) is 20.3 Å². The molecule has 1 unspecified atom stereocenters. The number of unbranched alkanes of at least 4 members (excludes halogenated alkanes) is 1. The van der Waals surface area contributed by atoms with Crippen molar-refractivity contribution in [2.45, 2.75) is 56.8 Å². The smallest absolute Gasteiger partial charge is 0.330 e. The lowest BCUT2D eigenvalue weighted by Crippen LogP contribution is -2.41. The summed E-state index contributed by atoms with van der Waals surface area (Å²) in [6, 6.07) is 0.0837. The quantitative estimate of drug-likeness (QED) is 0.298. The molecule has 28 heavy (non-hydrogen) atoms. The molecule has 0 aromatic carbocycles. The van der Waals surface area contributed by atoms with Gasteiger partial charge in [0.15, 0.2) is 6.23 Å². The summed E-state index contributed by atoms with van der Waals surface area (Å²) in [6.45, 7) is 1.78. The summed E-state index contributed by atoms with van der Waals surface area (Å²) < 4.78 is 11.6. The number of ether oxygens (including phenoxy) is 2. The number of nitrogens with zero attached hydrogens (tertiary/aromatic N) is 1. The molecule has 1 aromatic rings. The van der Waals surface area contributed by atoms with Crippen LogP contribution < -0.4 is 22.3 Å². The Balaban J connectivity index is 2.17. The molecule has 1 aliphatic rings. The molecule has 158 valence electrons.